The fourth-order valence-corrected chi connectivity index (χ4v) is 3.59. The van der Waals surface area contributed by atoms with Gasteiger partial charge in [-0.05, 0) is 51.9 Å². The van der Waals surface area contributed by atoms with E-state index in [1.807, 2.05) is 20.8 Å². The molecule has 0 spiro atoms. The fourth-order valence-electron chi connectivity index (χ4n) is 3.59. The Morgan fingerprint density at radius 2 is 1.35 bits per heavy atom. The Morgan fingerprint density at radius 3 is 1.71 bits per heavy atom. The number of hydrogen-bond donors (Lipinski definition) is 0. The molecule has 10 heteroatoms. The molecule has 1 fully saturated rings. The van der Waals surface area contributed by atoms with Crippen LogP contribution in [-0.2, 0) is 9.53 Å². The summed E-state index contributed by atoms with van der Waals surface area (Å²) in [6, 6.07) is 0. The summed E-state index contributed by atoms with van der Waals surface area (Å²) in [5.74, 6) is -20.6. The molecule has 1 saturated carbocycles. The monoisotopic (exact) mass is 466 g/mol. The number of esters is 1. The van der Waals surface area contributed by atoms with Gasteiger partial charge in [0, 0.05) is 5.92 Å². The summed E-state index contributed by atoms with van der Waals surface area (Å²) in [5, 5.41) is 0. The lowest BCUT2D eigenvalue weighted by atomic mass is 9.67. The van der Waals surface area contributed by atoms with Crippen molar-refractivity contribution in [2.75, 3.05) is 0 Å². The van der Waals surface area contributed by atoms with Gasteiger partial charge in [0.25, 0.3) is 0 Å². The molecule has 1 rings (SSSR count). The first kappa shape index (κ1) is 27.7. The molecule has 1 aliphatic carbocycles. The molecule has 2 nitrogen and oxygen atoms in total. The molecule has 0 saturated heterocycles. The van der Waals surface area contributed by atoms with Crippen molar-refractivity contribution in [3.63, 3.8) is 0 Å². The van der Waals surface area contributed by atoms with Crippen molar-refractivity contribution >= 4 is 5.97 Å². The van der Waals surface area contributed by atoms with Crippen molar-refractivity contribution < 1.29 is 44.7 Å². The van der Waals surface area contributed by atoms with Crippen molar-refractivity contribution in [2.45, 2.75) is 97.5 Å². The summed E-state index contributed by atoms with van der Waals surface area (Å²) < 4.78 is 112. The van der Waals surface area contributed by atoms with Gasteiger partial charge in [-0.15, -0.1) is 0 Å². The third-order valence-electron chi connectivity index (χ3n) is 6.13. The third kappa shape index (κ3) is 5.18. The first-order chi connectivity index (χ1) is 13.7. The predicted octanol–water partition coefficient (Wildman–Crippen LogP) is 7.28. The average molecular weight is 466 g/mol. The van der Waals surface area contributed by atoms with Crippen LogP contribution in [0.5, 0.6) is 0 Å². The Labute approximate surface area is 177 Å². The highest BCUT2D eigenvalue weighted by Gasteiger charge is 2.76. The van der Waals surface area contributed by atoms with Crippen LogP contribution in [-0.4, -0.2) is 36.3 Å². The van der Waals surface area contributed by atoms with Crippen LogP contribution >= 0.6 is 0 Å². The smallest absolute Gasteiger partial charge is 0.378 e. The highest BCUT2D eigenvalue weighted by molar-refractivity contribution is 5.80. The lowest BCUT2D eigenvalue weighted by Crippen LogP contribution is -2.60. The Bertz CT molecular complexity index is 669. The predicted molar refractivity (Wildman–Crippen MR) is 99.7 cm³/mol. The number of carbonyl (C=O) groups excluding carboxylic acids is 1. The maximum atomic E-state index is 14.1. The largest absolute Gasteiger partial charge is 0.462 e. The Hall–Kier alpha value is -1.35. The van der Waals surface area contributed by atoms with E-state index in [0.717, 1.165) is 5.57 Å². The molecule has 0 aromatic carbocycles. The van der Waals surface area contributed by atoms with Gasteiger partial charge in [0.15, 0.2) is 0 Å². The molecule has 31 heavy (non-hydrogen) atoms. The van der Waals surface area contributed by atoms with E-state index in [-0.39, 0.29) is 12.8 Å². The highest BCUT2D eigenvalue weighted by atomic mass is 19.4. The molecule has 1 aliphatic rings. The molecule has 0 N–H and O–H groups in total. The second-order valence-corrected chi connectivity index (χ2v) is 9.67. The number of alkyl halides is 8. The van der Waals surface area contributed by atoms with Gasteiger partial charge in [-0.25, -0.2) is 8.78 Å². The summed E-state index contributed by atoms with van der Waals surface area (Å²) in [4.78, 5) is 12.8. The molecule has 1 unspecified atom stereocenters. The Balaban J connectivity index is 2.93. The molecule has 0 radical (unpaired) electrons. The molecule has 0 aromatic rings. The lowest BCUT2D eigenvalue weighted by molar-refractivity contribution is -0.352. The minimum absolute atomic E-state index is 0.266. The summed E-state index contributed by atoms with van der Waals surface area (Å²) in [5.41, 5.74) is -0.770. The molecular formula is C21H30F8O2. The summed E-state index contributed by atoms with van der Waals surface area (Å²) in [7, 11) is 0. The van der Waals surface area contributed by atoms with Crippen LogP contribution in [0.1, 0.15) is 67.2 Å². The van der Waals surface area contributed by atoms with Crippen molar-refractivity contribution in [1.82, 2.24) is 0 Å². The number of hydrogen-bond acceptors (Lipinski definition) is 2. The summed E-state index contributed by atoms with van der Waals surface area (Å²) >= 11 is 0. The van der Waals surface area contributed by atoms with Crippen LogP contribution in [0.3, 0.4) is 0 Å². The summed E-state index contributed by atoms with van der Waals surface area (Å²) in [6.45, 7) is 10.7. The van der Waals surface area contributed by atoms with Crippen LogP contribution in [0.4, 0.5) is 35.1 Å². The van der Waals surface area contributed by atoms with E-state index in [9.17, 15) is 39.9 Å². The maximum Gasteiger partial charge on any atom is 0.378 e. The first-order valence-corrected chi connectivity index (χ1v) is 10.0. The van der Waals surface area contributed by atoms with E-state index < -0.39 is 65.9 Å². The fraction of sp³-hybridized carbons (Fsp3) is 0.857. The number of ether oxygens (including phenoxy) is 1. The van der Waals surface area contributed by atoms with Gasteiger partial charge < -0.3 is 4.74 Å². The van der Waals surface area contributed by atoms with Crippen LogP contribution in [0.2, 0.25) is 0 Å². The number of rotatable bonds is 7. The second-order valence-electron chi connectivity index (χ2n) is 9.67. The first-order valence-electron chi connectivity index (χ1n) is 10.0. The van der Waals surface area contributed by atoms with Crippen molar-refractivity contribution in [1.29, 1.82) is 0 Å². The SMILES string of the molecule is CC(C)=CC(C)(C(=O)OC1CCC(C(F)(F)C(F)(F)C(F)(F)C(F)F)CC1)C(C)(C)C. The minimum atomic E-state index is -6.21. The van der Waals surface area contributed by atoms with Crippen molar-refractivity contribution in [3.05, 3.63) is 11.6 Å². The van der Waals surface area contributed by atoms with E-state index in [1.54, 1.807) is 26.8 Å². The molecule has 0 amide bonds. The third-order valence-corrected chi connectivity index (χ3v) is 6.13. The zero-order valence-electron chi connectivity index (χ0n) is 18.5. The average Bonchev–Trinajstić information content (AvgIpc) is 2.59. The van der Waals surface area contributed by atoms with E-state index in [1.165, 1.54) is 0 Å². The number of halogens is 8. The Kier molecular flexibility index (Phi) is 7.93. The molecule has 0 heterocycles. The molecule has 0 aromatic heterocycles. The second kappa shape index (κ2) is 8.89. The van der Waals surface area contributed by atoms with E-state index >= 15 is 0 Å². The van der Waals surface area contributed by atoms with E-state index in [4.69, 9.17) is 4.74 Å². The lowest BCUT2D eigenvalue weighted by Gasteiger charge is -2.41. The summed E-state index contributed by atoms with van der Waals surface area (Å²) in [6.07, 6.45) is -5.95. The van der Waals surface area contributed by atoms with Crippen LogP contribution in [0.25, 0.3) is 0 Å². The zero-order valence-corrected chi connectivity index (χ0v) is 18.5. The normalized spacial score (nSPS) is 23.3. The van der Waals surface area contributed by atoms with Gasteiger partial charge in [0.1, 0.15) is 6.10 Å². The van der Waals surface area contributed by atoms with Crippen LogP contribution in [0, 0.1) is 16.7 Å². The van der Waals surface area contributed by atoms with Gasteiger partial charge in [0.05, 0.1) is 5.41 Å². The molecule has 1 atom stereocenters. The van der Waals surface area contributed by atoms with Gasteiger partial charge >= 0.3 is 30.2 Å². The van der Waals surface area contributed by atoms with Gasteiger partial charge in [-0.1, -0.05) is 32.4 Å². The van der Waals surface area contributed by atoms with Crippen LogP contribution < -0.4 is 0 Å². The molecule has 182 valence electrons. The maximum absolute atomic E-state index is 14.1. The minimum Gasteiger partial charge on any atom is -0.462 e. The molecular weight excluding hydrogens is 436 g/mol. The van der Waals surface area contributed by atoms with E-state index in [2.05, 4.69) is 0 Å². The van der Waals surface area contributed by atoms with E-state index in [0.29, 0.717) is 0 Å². The van der Waals surface area contributed by atoms with Crippen molar-refractivity contribution in [3.8, 4) is 0 Å². The van der Waals surface area contributed by atoms with Crippen LogP contribution in [0.15, 0.2) is 11.6 Å². The molecule has 0 aliphatic heterocycles. The van der Waals surface area contributed by atoms with Gasteiger partial charge in [-0.3, -0.25) is 4.79 Å². The van der Waals surface area contributed by atoms with Crippen molar-refractivity contribution in [2.24, 2.45) is 16.7 Å². The number of allylic oxidation sites excluding steroid dienone is 1. The quantitative estimate of drug-likeness (QED) is 0.224. The zero-order chi connectivity index (χ0) is 24.6. The molecule has 0 bridgehead atoms. The van der Waals surface area contributed by atoms with Gasteiger partial charge in [-0.2, -0.15) is 26.3 Å². The Morgan fingerprint density at radius 1 is 0.903 bits per heavy atom. The topological polar surface area (TPSA) is 26.3 Å². The highest BCUT2D eigenvalue weighted by Crippen LogP contribution is 2.54. The standard InChI is InChI=1S/C21H30F8O2/c1-12(2)11-18(6,17(3,4)5)16(30)31-14-9-7-13(8-10-14)19(24,25)21(28,29)20(26,27)15(22)23/h11,13-15H,7-10H2,1-6H3. The number of carbonyl (C=O) groups is 1. The van der Waals surface area contributed by atoms with Gasteiger partial charge in [0.2, 0.25) is 0 Å².